The number of carbonyl (C=O) groups excluding carboxylic acids is 1. The van der Waals surface area contributed by atoms with Gasteiger partial charge >= 0.3 is 0 Å². The Morgan fingerprint density at radius 3 is 2.74 bits per heavy atom. The largest absolute Gasteiger partial charge is 0.332 e. The van der Waals surface area contributed by atoms with Gasteiger partial charge in [0.25, 0.3) is 5.24 Å². The van der Waals surface area contributed by atoms with E-state index < -0.39 is 5.24 Å². The fraction of sp³-hybridized carbons (Fsp3) is 0.0500. The van der Waals surface area contributed by atoms with E-state index in [-0.39, 0.29) is 0 Å². The molecular weight excluding hydrogens is 380 g/mol. The SMILES string of the molecule is Cc1c(-c2csc(Nc3cccc(C(=O)Cl)c3)n2)cnn1-c1ccccc1. The molecule has 0 aliphatic heterocycles. The van der Waals surface area contributed by atoms with Crippen LogP contribution in [0.2, 0.25) is 0 Å². The smallest absolute Gasteiger partial charge is 0.252 e. The predicted octanol–water partition coefficient (Wildman–Crippen LogP) is 5.43. The van der Waals surface area contributed by atoms with Gasteiger partial charge in [-0.3, -0.25) is 4.79 Å². The third-order valence-electron chi connectivity index (χ3n) is 4.13. The first kappa shape index (κ1) is 17.5. The van der Waals surface area contributed by atoms with Crippen molar-refractivity contribution < 1.29 is 4.79 Å². The molecule has 0 spiro atoms. The number of anilines is 2. The second-order valence-corrected chi connectivity index (χ2v) is 7.11. The number of aromatic nitrogens is 3. The first-order chi connectivity index (χ1) is 13.1. The van der Waals surface area contributed by atoms with Gasteiger partial charge in [0.1, 0.15) is 0 Å². The van der Waals surface area contributed by atoms with Crippen molar-refractivity contribution in [3.63, 3.8) is 0 Å². The Kier molecular flexibility index (Phi) is 4.75. The molecule has 0 fully saturated rings. The van der Waals surface area contributed by atoms with E-state index in [1.54, 1.807) is 18.2 Å². The summed E-state index contributed by atoms with van der Waals surface area (Å²) in [4.78, 5) is 16.0. The van der Waals surface area contributed by atoms with Crippen molar-refractivity contribution in [2.24, 2.45) is 0 Å². The number of para-hydroxylation sites is 1. The summed E-state index contributed by atoms with van der Waals surface area (Å²) in [6.07, 6.45) is 1.83. The van der Waals surface area contributed by atoms with E-state index in [9.17, 15) is 4.79 Å². The normalized spacial score (nSPS) is 10.7. The Balaban J connectivity index is 1.59. The molecule has 0 radical (unpaired) electrons. The van der Waals surface area contributed by atoms with E-state index in [1.165, 1.54) is 11.3 Å². The van der Waals surface area contributed by atoms with E-state index >= 15 is 0 Å². The van der Waals surface area contributed by atoms with Crippen LogP contribution in [0.1, 0.15) is 16.1 Å². The van der Waals surface area contributed by atoms with Crippen LogP contribution < -0.4 is 5.32 Å². The van der Waals surface area contributed by atoms with Gasteiger partial charge in [0.05, 0.1) is 23.3 Å². The third-order valence-corrected chi connectivity index (χ3v) is 5.11. The maximum Gasteiger partial charge on any atom is 0.252 e. The lowest BCUT2D eigenvalue weighted by atomic mass is 10.2. The number of rotatable bonds is 5. The van der Waals surface area contributed by atoms with Crippen LogP contribution in [0.25, 0.3) is 16.9 Å². The minimum absolute atomic E-state index is 0.443. The van der Waals surface area contributed by atoms with Crippen LogP contribution in [0.15, 0.2) is 66.2 Å². The third kappa shape index (κ3) is 3.63. The van der Waals surface area contributed by atoms with Crippen molar-refractivity contribution in [1.29, 1.82) is 0 Å². The molecule has 0 bridgehead atoms. The van der Waals surface area contributed by atoms with Gasteiger partial charge in [0, 0.05) is 22.2 Å². The lowest BCUT2D eigenvalue weighted by Gasteiger charge is -2.04. The number of thiazole rings is 1. The zero-order valence-electron chi connectivity index (χ0n) is 14.4. The number of nitrogens with zero attached hydrogens (tertiary/aromatic N) is 3. The Morgan fingerprint density at radius 2 is 1.96 bits per heavy atom. The van der Waals surface area contributed by atoms with Crippen molar-refractivity contribution in [2.45, 2.75) is 6.92 Å². The highest BCUT2D eigenvalue weighted by molar-refractivity contribution is 7.14. The van der Waals surface area contributed by atoms with Crippen LogP contribution in [0.5, 0.6) is 0 Å². The van der Waals surface area contributed by atoms with Gasteiger partial charge in [-0.05, 0) is 48.9 Å². The van der Waals surface area contributed by atoms with Crippen LogP contribution in [0, 0.1) is 6.92 Å². The summed E-state index contributed by atoms with van der Waals surface area (Å²) in [7, 11) is 0. The van der Waals surface area contributed by atoms with Gasteiger partial charge in [0.15, 0.2) is 5.13 Å². The molecule has 0 atom stereocenters. The number of hydrogen-bond donors (Lipinski definition) is 1. The molecular formula is C20H15ClN4OS. The van der Waals surface area contributed by atoms with Gasteiger partial charge in [-0.15, -0.1) is 11.3 Å². The van der Waals surface area contributed by atoms with E-state index in [0.29, 0.717) is 5.56 Å². The van der Waals surface area contributed by atoms with E-state index in [1.807, 2.05) is 59.6 Å². The van der Waals surface area contributed by atoms with E-state index in [4.69, 9.17) is 11.6 Å². The molecule has 0 aliphatic rings. The van der Waals surface area contributed by atoms with Crippen LogP contribution in [0.4, 0.5) is 10.8 Å². The highest BCUT2D eigenvalue weighted by atomic mass is 35.5. The van der Waals surface area contributed by atoms with Gasteiger partial charge in [0.2, 0.25) is 0 Å². The summed E-state index contributed by atoms with van der Waals surface area (Å²) in [6.45, 7) is 2.03. The molecule has 0 aliphatic carbocycles. The molecule has 7 heteroatoms. The summed E-state index contributed by atoms with van der Waals surface area (Å²) >= 11 is 7.03. The fourth-order valence-electron chi connectivity index (χ4n) is 2.79. The summed E-state index contributed by atoms with van der Waals surface area (Å²) in [5.74, 6) is 0. The maximum absolute atomic E-state index is 11.3. The lowest BCUT2D eigenvalue weighted by molar-refractivity contribution is 0.108. The van der Waals surface area contributed by atoms with Crippen LogP contribution in [0.3, 0.4) is 0 Å². The number of hydrogen-bond acceptors (Lipinski definition) is 5. The Labute approximate surface area is 165 Å². The Hall–Kier alpha value is -2.96. The standard InChI is InChI=1S/C20H15ClN4OS/c1-13-17(11-22-25(13)16-8-3-2-4-9-16)18-12-27-20(24-18)23-15-7-5-6-14(10-15)19(21)26/h2-12H,1H3,(H,23,24). The highest BCUT2D eigenvalue weighted by Crippen LogP contribution is 2.30. The molecule has 0 saturated carbocycles. The monoisotopic (exact) mass is 394 g/mol. The molecule has 2 aromatic heterocycles. The molecule has 4 rings (SSSR count). The molecule has 5 nitrogen and oxygen atoms in total. The second-order valence-electron chi connectivity index (χ2n) is 5.91. The van der Waals surface area contributed by atoms with Gasteiger partial charge in [-0.25, -0.2) is 9.67 Å². The summed E-state index contributed by atoms with van der Waals surface area (Å²) in [6, 6.07) is 17.0. The minimum Gasteiger partial charge on any atom is -0.332 e. The molecule has 2 aromatic carbocycles. The zero-order chi connectivity index (χ0) is 18.8. The molecule has 134 valence electrons. The Bertz CT molecular complexity index is 1100. The first-order valence-electron chi connectivity index (χ1n) is 8.24. The molecule has 4 aromatic rings. The molecule has 0 amide bonds. The van der Waals surface area contributed by atoms with Crippen LogP contribution in [-0.2, 0) is 0 Å². The van der Waals surface area contributed by atoms with Gasteiger partial charge in [-0.1, -0.05) is 24.3 Å². The van der Waals surface area contributed by atoms with Crippen molar-refractivity contribution >= 4 is 39.0 Å². The molecule has 0 unspecified atom stereocenters. The van der Waals surface area contributed by atoms with Gasteiger partial charge in [-0.2, -0.15) is 5.10 Å². The average Bonchev–Trinajstić information content (AvgIpc) is 3.29. The summed E-state index contributed by atoms with van der Waals surface area (Å²) in [5, 5.41) is 9.94. The highest BCUT2D eigenvalue weighted by Gasteiger charge is 2.13. The number of carbonyl (C=O) groups is 1. The predicted molar refractivity (Wildman–Crippen MR) is 109 cm³/mol. The number of halogens is 1. The maximum atomic E-state index is 11.3. The van der Waals surface area contributed by atoms with E-state index in [2.05, 4.69) is 15.4 Å². The number of nitrogens with one attached hydrogen (secondary N) is 1. The Morgan fingerprint density at radius 1 is 1.15 bits per heavy atom. The first-order valence-corrected chi connectivity index (χ1v) is 9.50. The number of benzene rings is 2. The average molecular weight is 395 g/mol. The lowest BCUT2D eigenvalue weighted by Crippen LogP contribution is -1.98. The molecule has 1 N–H and O–H groups in total. The van der Waals surface area contributed by atoms with Crippen molar-refractivity contribution in [2.75, 3.05) is 5.32 Å². The topological polar surface area (TPSA) is 59.8 Å². The van der Waals surface area contributed by atoms with Crippen LogP contribution >= 0.6 is 22.9 Å². The fourth-order valence-corrected chi connectivity index (χ4v) is 3.64. The minimum atomic E-state index is -0.484. The van der Waals surface area contributed by atoms with Crippen molar-refractivity contribution in [1.82, 2.24) is 14.8 Å². The molecule has 2 heterocycles. The second kappa shape index (κ2) is 7.34. The van der Waals surface area contributed by atoms with E-state index in [0.717, 1.165) is 33.5 Å². The van der Waals surface area contributed by atoms with Crippen molar-refractivity contribution in [3.05, 3.63) is 77.4 Å². The summed E-state index contributed by atoms with van der Waals surface area (Å²) in [5.41, 5.74) is 5.07. The van der Waals surface area contributed by atoms with Gasteiger partial charge < -0.3 is 5.32 Å². The van der Waals surface area contributed by atoms with Crippen LogP contribution in [-0.4, -0.2) is 20.0 Å². The molecule has 27 heavy (non-hydrogen) atoms. The summed E-state index contributed by atoms with van der Waals surface area (Å²) < 4.78 is 1.90. The van der Waals surface area contributed by atoms with Crippen molar-refractivity contribution in [3.8, 4) is 16.9 Å². The zero-order valence-corrected chi connectivity index (χ0v) is 16.0. The quantitative estimate of drug-likeness (QED) is 0.459. The molecule has 0 saturated heterocycles.